The number of hydrogen-bond donors (Lipinski definition) is 2. The maximum absolute atomic E-state index is 12.3. The first-order chi connectivity index (χ1) is 15.7. The minimum atomic E-state index is -0.0954. The van der Waals surface area contributed by atoms with E-state index in [9.17, 15) is 4.79 Å². The van der Waals surface area contributed by atoms with Crippen molar-refractivity contribution in [1.29, 1.82) is 0 Å². The zero-order valence-corrected chi connectivity index (χ0v) is 22.2. The molecule has 2 saturated heterocycles. The van der Waals surface area contributed by atoms with Crippen LogP contribution >= 0.6 is 24.0 Å². The third-order valence-electron chi connectivity index (χ3n) is 5.89. The highest BCUT2D eigenvalue weighted by Crippen LogP contribution is 2.18. The summed E-state index contributed by atoms with van der Waals surface area (Å²) in [7, 11) is 1.64. The summed E-state index contributed by atoms with van der Waals surface area (Å²) in [6.07, 6.45) is 5.96. The fraction of sp³-hybridized carbons (Fsp3) is 0.667. The molecular weight excluding hydrogens is 535 g/mol. The normalized spacial score (nSPS) is 19.5. The van der Waals surface area contributed by atoms with E-state index in [0.29, 0.717) is 13.2 Å². The Morgan fingerprint density at radius 2 is 1.91 bits per heavy atom. The number of likely N-dealkylation sites (tertiary alicyclic amines) is 1. The molecule has 2 N–H and O–H groups in total. The van der Waals surface area contributed by atoms with E-state index in [1.54, 1.807) is 7.11 Å². The lowest BCUT2D eigenvalue weighted by Gasteiger charge is -2.35. The molecule has 186 valence electrons. The van der Waals surface area contributed by atoms with Gasteiger partial charge in [0.05, 0.1) is 25.9 Å². The van der Waals surface area contributed by atoms with Crippen molar-refractivity contribution in [2.75, 3.05) is 46.5 Å². The van der Waals surface area contributed by atoms with Gasteiger partial charge in [0.2, 0.25) is 5.91 Å². The van der Waals surface area contributed by atoms with E-state index in [1.165, 1.54) is 12.8 Å². The number of methoxy groups -OCH3 is 1. The summed E-state index contributed by atoms with van der Waals surface area (Å²) in [5.41, 5.74) is 1.02. The Balaban J connectivity index is 0.00000385. The van der Waals surface area contributed by atoms with Gasteiger partial charge in [0.15, 0.2) is 5.96 Å². The molecule has 3 rings (SSSR count). The van der Waals surface area contributed by atoms with Gasteiger partial charge in [-0.2, -0.15) is 0 Å². The van der Waals surface area contributed by atoms with Crippen molar-refractivity contribution in [3.8, 4) is 5.75 Å². The molecule has 1 aromatic carbocycles. The van der Waals surface area contributed by atoms with Crippen molar-refractivity contribution in [1.82, 2.24) is 15.5 Å². The Kier molecular flexibility index (Phi) is 12.9. The number of carbonyl (C=O) groups excluding carboxylic acids is 1. The smallest absolute Gasteiger partial charge is 0.242 e. The number of aliphatic imine (C=N–C) groups is 1. The quantitative estimate of drug-likeness (QED) is 0.268. The molecule has 0 aliphatic carbocycles. The van der Waals surface area contributed by atoms with E-state index in [2.05, 4.69) is 20.5 Å². The predicted molar refractivity (Wildman–Crippen MR) is 140 cm³/mol. The number of piperidine rings is 1. The zero-order valence-electron chi connectivity index (χ0n) is 19.9. The van der Waals surface area contributed by atoms with Crippen LogP contribution in [0.25, 0.3) is 0 Å². The van der Waals surface area contributed by atoms with E-state index < -0.39 is 0 Å². The second-order valence-electron chi connectivity index (χ2n) is 8.30. The number of ether oxygens (including phenoxy) is 3. The van der Waals surface area contributed by atoms with Crippen LogP contribution in [0.4, 0.5) is 0 Å². The number of amides is 1. The number of guanidine groups is 1. The molecule has 1 aromatic rings. The minimum Gasteiger partial charge on any atom is -0.497 e. The molecule has 1 atom stereocenters. The standard InChI is InChI=1S/C24H38N4O4.HI/c1-3-25-24(27-17-23(29)26-16-19-7-9-20(30-2)10-8-19)28-13-11-21(12-14-28)32-18-22-6-4-5-15-31-22;/h7-10,21-22H,3-6,11-18H2,1-2H3,(H,25,27)(H,26,29);1H. The van der Waals surface area contributed by atoms with Crippen LogP contribution in [0.3, 0.4) is 0 Å². The fourth-order valence-electron chi connectivity index (χ4n) is 3.99. The van der Waals surface area contributed by atoms with Crippen molar-refractivity contribution < 1.29 is 19.0 Å². The third kappa shape index (κ3) is 9.66. The maximum atomic E-state index is 12.3. The summed E-state index contributed by atoms with van der Waals surface area (Å²) >= 11 is 0. The van der Waals surface area contributed by atoms with Crippen LogP contribution in [-0.4, -0.2) is 75.5 Å². The van der Waals surface area contributed by atoms with Gasteiger partial charge in [0.1, 0.15) is 12.3 Å². The van der Waals surface area contributed by atoms with Crippen LogP contribution in [0.15, 0.2) is 29.3 Å². The highest BCUT2D eigenvalue weighted by Gasteiger charge is 2.24. The lowest BCUT2D eigenvalue weighted by molar-refractivity contribution is -0.119. The number of benzene rings is 1. The fourth-order valence-corrected chi connectivity index (χ4v) is 3.99. The molecule has 1 unspecified atom stereocenters. The minimum absolute atomic E-state index is 0. The molecule has 1 amide bonds. The van der Waals surface area contributed by atoms with Crippen molar-refractivity contribution in [2.24, 2.45) is 4.99 Å². The molecule has 0 radical (unpaired) electrons. The maximum Gasteiger partial charge on any atom is 0.242 e. The van der Waals surface area contributed by atoms with Crippen LogP contribution in [-0.2, 0) is 20.8 Å². The SMILES string of the molecule is CCNC(=NCC(=O)NCc1ccc(OC)cc1)N1CCC(OCC2CCCCO2)CC1.I. The van der Waals surface area contributed by atoms with Gasteiger partial charge in [0.25, 0.3) is 0 Å². The van der Waals surface area contributed by atoms with Crippen LogP contribution < -0.4 is 15.4 Å². The molecule has 9 heteroatoms. The average molecular weight is 575 g/mol. The number of nitrogens with zero attached hydrogens (tertiary/aromatic N) is 2. The summed E-state index contributed by atoms with van der Waals surface area (Å²) < 4.78 is 17.0. The number of rotatable bonds is 9. The van der Waals surface area contributed by atoms with Crippen molar-refractivity contribution in [3.63, 3.8) is 0 Å². The monoisotopic (exact) mass is 574 g/mol. The van der Waals surface area contributed by atoms with Crippen LogP contribution in [0.1, 0.15) is 44.6 Å². The number of halogens is 1. The molecule has 2 fully saturated rings. The number of nitrogens with one attached hydrogen (secondary N) is 2. The summed E-state index contributed by atoms with van der Waals surface area (Å²) in [4.78, 5) is 19.1. The van der Waals surface area contributed by atoms with Crippen molar-refractivity contribution in [3.05, 3.63) is 29.8 Å². The molecule has 0 bridgehead atoms. The predicted octanol–water partition coefficient (Wildman–Crippen LogP) is 2.95. The highest BCUT2D eigenvalue weighted by atomic mass is 127. The second-order valence-corrected chi connectivity index (χ2v) is 8.30. The lowest BCUT2D eigenvalue weighted by Crippen LogP contribution is -2.47. The van der Waals surface area contributed by atoms with E-state index in [-0.39, 0.29) is 48.6 Å². The van der Waals surface area contributed by atoms with Crippen LogP contribution in [0.5, 0.6) is 5.75 Å². The van der Waals surface area contributed by atoms with E-state index in [0.717, 1.165) is 62.8 Å². The van der Waals surface area contributed by atoms with E-state index >= 15 is 0 Å². The third-order valence-corrected chi connectivity index (χ3v) is 5.89. The van der Waals surface area contributed by atoms with Gasteiger partial charge < -0.3 is 29.7 Å². The molecule has 2 aliphatic heterocycles. The van der Waals surface area contributed by atoms with Gasteiger partial charge in [-0.25, -0.2) is 4.99 Å². The topological polar surface area (TPSA) is 84.4 Å². The first kappa shape index (κ1) is 27.7. The molecule has 2 heterocycles. The number of hydrogen-bond acceptors (Lipinski definition) is 5. The lowest BCUT2D eigenvalue weighted by atomic mass is 10.1. The Hall–Kier alpha value is -1.59. The van der Waals surface area contributed by atoms with Crippen molar-refractivity contribution in [2.45, 2.75) is 57.8 Å². The van der Waals surface area contributed by atoms with E-state index in [1.807, 2.05) is 31.2 Å². The zero-order chi connectivity index (χ0) is 22.6. The Labute approximate surface area is 214 Å². The Bertz CT molecular complexity index is 718. The molecule has 33 heavy (non-hydrogen) atoms. The largest absolute Gasteiger partial charge is 0.497 e. The molecule has 8 nitrogen and oxygen atoms in total. The van der Waals surface area contributed by atoms with Crippen molar-refractivity contribution >= 4 is 35.8 Å². The Morgan fingerprint density at radius 1 is 1.15 bits per heavy atom. The van der Waals surface area contributed by atoms with Gasteiger partial charge >= 0.3 is 0 Å². The highest BCUT2D eigenvalue weighted by molar-refractivity contribution is 14.0. The Morgan fingerprint density at radius 3 is 2.55 bits per heavy atom. The molecule has 0 spiro atoms. The summed E-state index contributed by atoms with van der Waals surface area (Å²) in [5, 5.41) is 6.24. The average Bonchev–Trinajstić information content (AvgIpc) is 2.85. The molecule has 0 saturated carbocycles. The molecule has 0 aromatic heterocycles. The van der Waals surface area contributed by atoms with Gasteiger partial charge in [-0.1, -0.05) is 12.1 Å². The van der Waals surface area contributed by atoms with Gasteiger partial charge in [-0.3, -0.25) is 4.79 Å². The van der Waals surface area contributed by atoms with Gasteiger partial charge in [0, 0.05) is 32.8 Å². The molecule has 2 aliphatic rings. The summed E-state index contributed by atoms with van der Waals surface area (Å²) in [6, 6.07) is 7.66. The molecular formula is C24H39IN4O4. The first-order valence-corrected chi connectivity index (χ1v) is 11.8. The summed E-state index contributed by atoms with van der Waals surface area (Å²) in [5.74, 6) is 1.50. The number of carbonyl (C=O) groups is 1. The first-order valence-electron chi connectivity index (χ1n) is 11.8. The summed E-state index contributed by atoms with van der Waals surface area (Å²) in [6.45, 7) is 6.69. The van der Waals surface area contributed by atoms with Crippen LogP contribution in [0, 0.1) is 0 Å². The second kappa shape index (κ2) is 15.3. The van der Waals surface area contributed by atoms with Crippen LogP contribution in [0.2, 0.25) is 0 Å². The van der Waals surface area contributed by atoms with Gasteiger partial charge in [-0.05, 0) is 56.7 Å². The van der Waals surface area contributed by atoms with Gasteiger partial charge in [-0.15, -0.1) is 24.0 Å². The van der Waals surface area contributed by atoms with E-state index in [4.69, 9.17) is 14.2 Å².